The SMILES string of the molecule is CC(C)n1c(=O)c2cnc(Nc3ccc4c(c3)CNCC4(C)C)cc2n1-c1ccnc(C2(C)CC2)c1. The van der Waals surface area contributed by atoms with Gasteiger partial charge in [-0.3, -0.25) is 9.78 Å². The zero-order valence-electron chi connectivity index (χ0n) is 21.7. The molecule has 1 saturated carbocycles. The van der Waals surface area contributed by atoms with Crippen LogP contribution in [0.5, 0.6) is 0 Å². The van der Waals surface area contributed by atoms with E-state index in [2.05, 4.69) is 65.6 Å². The quantitative estimate of drug-likeness (QED) is 0.402. The van der Waals surface area contributed by atoms with Crippen molar-refractivity contribution in [1.82, 2.24) is 24.6 Å². The van der Waals surface area contributed by atoms with Crippen LogP contribution in [0, 0.1) is 0 Å². The van der Waals surface area contributed by atoms with Gasteiger partial charge >= 0.3 is 0 Å². The summed E-state index contributed by atoms with van der Waals surface area (Å²) in [5.74, 6) is 0.712. The molecule has 0 spiro atoms. The van der Waals surface area contributed by atoms with E-state index in [-0.39, 0.29) is 22.4 Å². The average Bonchev–Trinajstić information content (AvgIpc) is 3.53. The third kappa shape index (κ3) is 3.73. The predicted octanol–water partition coefficient (Wildman–Crippen LogP) is 5.34. The Kier molecular flexibility index (Phi) is 5.13. The molecule has 1 aromatic carbocycles. The molecule has 1 fully saturated rings. The summed E-state index contributed by atoms with van der Waals surface area (Å²) < 4.78 is 3.85. The Labute approximate surface area is 211 Å². The van der Waals surface area contributed by atoms with Crippen molar-refractivity contribution < 1.29 is 0 Å². The van der Waals surface area contributed by atoms with Gasteiger partial charge in [-0.2, -0.15) is 0 Å². The second kappa shape index (κ2) is 8.03. The first-order chi connectivity index (χ1) is 17.2. The smallest absolute Gasteiger partial charge is 0.276 e. The van der Waals surface area contributed by atoms with Crippen LogP contribution in [0.2, 0.25) is 0 Å². The number of nitrogens with one attached hydrogen (secondary N) is 2. The van der Waals surface area contributed by atoms with Gasteiger partial charge in [-0.15, -0.1) is 0 Å². The van der Waals surface area contributed by atoms with E-state index in [9.17, 15) is 4.79 Å². The van der Waals surface area contributed by atoms with E-state index < -0.39 is 0 Å². The second-order valence-corrected chi connectivity index (χ2v) is 11.6. The summed E-state index contributed by atoms with van der Waals surface area (Å²) >= 11 is 0. The number of nitrogens with zero attached hydrogens (tertiary/aromatic N) is 4. The monoisotopic (exact) mass is 482 g/mol. The highest BCUT2D eigenvalue weighted by atomic mass is 16.1. The van der Waals surface area contributed by atoms with Gasteiger partial charge in [0.05, 0.1) is 16.6 Å². The molecular formula is C29H34N6O. The Balaban J connectivity index is 1.44. The van der Waals surface area contributed by atoms with Crippen molar-refractivity contribution in [3.8, 4) is 5.69 Å². The number of pyridine rings is 2. The highest BCUT2D eigenvalue weighted by molar-refractivity contribution is 5.83. The first-order valence-corrected chi connectivity index (χ1v) is 12.9. The molecule has 0 unspecified atom stereocenters. The van der Waals surface area contributed by atoms with Crippen LogP contribution >= 0.6 is 0 Å². The molecule has 1 aliphatic heterocycles. The zero-order valence-corrected chi connectivity index (χ0v) is 21.7. The van der Waals surface area contributed by atoms with Crippen LogP contribution < -0.4 is 16.2 Å². The van der Waals surface area contributed by atoms with E-state index in [0.717, 1.165) is 48.5 Å². The van der Waals surface area contributed by atoms with E-state index in [0.29, 0.717) is 11.2 Å². The zero-order chi connectivity index (χ0) is 25.2. The molecule has 4 heterocycles. The average molecular weight is 483 g/mol. The molecule has 2 N–H and O–H groups in total. The van der Waals surface area contributed by atoms with Gasteiger partial charge in [-0.25, -0.2) is 14.3 Å². The van der Waals surface area contributed by atoms with E-state index in [1.54, 1.807) is 6.20 Å². The topological polar surface area (TPSA) is 76.8 Å². The van der Waals surface area contributed by atoms with E-state index >= 15 is 0 Å². The van der Waals surface area contributed by atoms with Crippen LogP contribution in [0.15, 0.2) is 53.6 Å². The highest BCUT2D eigenvalue weighted by Crippen LogP contribution is 2.47. The number of rotatable bonds is 5. The lowest BCUT2D eigenvalue weighted by atomic mass is 9.79. The van der Waals surface area contributed by atoms with Crippen molar-refractivity contribution in [3.05, 3.63) is 76.0 Å². The minimum absolute atomic E-state index is 0.00839. The summed E-state index contributed by atoms with van der Waals surface area (Å²) in [5, 5.41) is 7.61. The number of hydrogen-bond donors (Lipinski definition) is 2. The molecule has 6 rings (SSSR count). The largest absolute Gasteiger partial charge is 0.340 e. The molecule has 0 atom stereocenters. The van der Waals surface area contributed by atoms with Crippen LogP contribution in [0.25, 0.3) is 16.6 Å². The first-order valence-electron chi connectivity index (χ1n) is 12.9. The van der Waals surface area contributed by atoms with Crippen molar-refractivity contribution in [1.29, 1.82) is 0 Å². The Hall–Kier alpha value is -3.45. The third-order valence-electron chi connectivity index (χ3n) is 7.85. The van der Waals surface area contributed by atoms with Crippen LogP contribution in [0.1, 0.15) is 70.3 Å². The summed E-state index contributed by atoms with van der Waals surface area (Å²) in [6, 6.07) is 12.6. The van der Waals surface area contributed by atoms with E-state index in [1.165, 1.54) is 11.1 Å². The fraction of sp³-hybridized carbons (Fsp3) is 0.414. The third-order valence-corrected chi connectivity index (χ3v) is 7.85. The van der Waals surface area contributed by atoms with Crippen molar-refractivity contribution in [2.75, 3.05) is 11.9 Å². The number of fused-ring (bicyclic) bond motifs is 2. The lowest BCUT2D eigenvalue weighted by Gasteiger charge is -2.33. The highest BCUT2D eigenvalue weighted by Gasteiger charge is 2.40. The number of anilines is 2. The van der Waals surface area contributed by atoms with Gasteiger partial charge in [0.1, 0.15) is 5.82 Å². The van der Waals surface area contributed by atoms with Gasteiger partial charge in [0.25, 0.3) is 5.56 Å². The Morgan fingerprint density at radius 3 is 2.61 bits per heavy atom. The second-order valence-electron chi connectivity index (χ2n) is 11.6. The van der Waals surface area contributed by atoms with E-state index in [1.807, 2.05) is 41.5 Å². The van der Waals surface area contributed by atoms with Crippen molar-refractivity contribution in [3.63, 3.8) is 0 Å². The molecule has 1 aliphatic carbocycles. The Morgan fingerprint density at radius 1 is 1.06 bits per heavy atom. The Bertz CT molecular complexity index is 1540. The summed E-state index contributed by atoms with van der Waals surface area (Å²) in [4.78, 5) is 22.7. The van der Waals surface area contributed by atoms with Gasteiger partial charge in [0, 0.05) is 59.8 Å². The maximum atomic E-state index is 13.4. The van der Waals surface area contributed by atoms with Gasteiger partial charge in [-0.1, -0.05) is 26.8 Å². The normalized spacial score (nSPS) is 17.8. The van der Waals surface area contributed by atoms with Crippen LogP contribution in [0.3, 0.4) is 0 Å². The molecule has 4 aromatic rings. The molecule has 7 heteroatoms. The summed E-state index contributed by atoms with van der Waals surface area (Å²) in [5.41, 5.74) is 6.78. The number of benzene rings is 1. The number of hydrogen-bond acceptors (Lipinski definition) is 5. The molecule has 2 aliphatic rings. The molecule has 0 saturated heterocycles. The van der Waals surface area contributed by atoms with Gasteiger partial charge in [0.15, 0.2) is 0 Å². The molecule has 36 heavy (non-hydrogen) atoms. The molecule has 0 amide bonds. The maximum Gasteiger partial charge on any atom is 0.276 e. The van der Waals surface area contributed by atoms with Gasteiger partial charge in [0.2, 0.25) is 0 Å². The van der Waals surface area contributed by atoms with Gasteiger partial charge < -0.3 is 10.6 Å². The molecule has 0 radical (unpaired) electrons. The minimum atomic E-state index is -0.0304. The van der Waals surface area contributed by atoms with Crippen LogP contribution in [-0.4, -0.2) is 25.9 Å². The van der Waals surface area contributed by atoms with Crippen molar-refractivity contribution in [2.24, 2.45) is 0 Å². The van der Waals surface area contributed by atoms with Crippen LogP contribution in [0.4, 0.5) is 11.5 Å². The fourth-order valence-electron chi connectivity index (χ4n) is 5.47. The molecule has 0 bridgehead atoms. The lowest BCUT2D eigenvalue weighted by Crippen LogP contribution is -2.38. The summed E-state index contributed by atoms with van der Waals surface area (Å²) in [6.07, 6.45) is 5.86. The predicted molar refractivity (Wildman–Crippen MR) is 145 cm³/mol. The fourth-order valence-corrected chi connectivity index (χ4v) is 5.47. The first kappa shape index (κ1) is 23.0. The molecular weight excluding hydrogens is 448 g/mol. The minimum Gasteiger partial charge on any atom is -0.340 e. The lowest BCUT2D eigenvalue weighted by molar-refractivity contribution is 0.435. The standard InChI is InChI=1S/C29H34N6O/c1-18(2)34-27(36)22-16-32-26(33-20-6-7-23-19(12-20)15-30-17-28(23,3)4)14-24(22)35(34)21-8-11-31-25(13-21)29(5)9-10-29/h6-8,11-14,16,18,30H,9-10,15,17H2,1-5H3,(H,32,33). The van der Waals surface area contributed by atoms with Crippen molar-refractivity contribution >= 4 is 22.4 Å². The molecule has 7 nitrogen and oxygen atoms in total. The van der Waals surface area contributed by atoms with E-state index in [4.69, 9.17) is 0 Å². The molecule has 3 aromatic heterocycles. The Morgan fingerprint density at radius 2 is 1.86 bits per heavy atom. The summed E-state index contributed by atoms with van der Waals surface area (Å²) in [6.45, 7) is 12.7. The number of aromatic nitrogens is 4. The summed E-state index contributed by atoms with van der Waals surface area (Å²) in [7, 11) is 0. The molecule has 186 valence electrons. The van der Waals surface area contributed by atoms with Crippen molar-refractivity contribution in [2.45, 2.75) is 70.9 Å². The van der Waals surface area contributed by atoms with Crippen LogP contribution in [-0.2, 0) is 17.4 Å². The maximum absolute atomic E-state index is 13.4. The van der Waals surface area contributed by atoms with Gasteiger partial charge in [-0.05, 0) is 62.1 Å².